The molecule has 0 aliphatic carbocycles. The second-order valence-corrected chi connectivity index (χ2v) is 21.9. The summed E-state index contributed by atoms with van der Waals surface area (Å²) < 4.78 is 34.5. The summed E-state index contributed by atoms with van der Waals surface area (Å²) in [6, 6.07) is 0. The Balaban J connectivity index is 1.69. The number of carbonyl (C=O) groups excluding carboxylic acids is 1. The molecular weight excluding hydrogens is 981 g/mol. The second-order valence-electron chi connectivity index (χ2n) is 21.9. The van der Waals surface area contributed by atoms with E-state index in [0.717, 1.165) is 57.8 Å². The molecule has 14 heteroatoms. The first-order valence-corrected chi connectivity index (χ1v) is 31.2. The van der Waals surface area contributed by atoms with Crippen LogP contribution in [0.15, 0.2) is 48.6 Å². The zero-order valence-electron chi connectivity index (χ0n) is 48.4. The fraction of sp³-hybridized carbons (Fsp3) is 0.857. The molecule has 2 rings (SSSR count). The lowest BCUT2D eigenvalue weighted by molar-refractivity contribution is -0.332. The number of aliphatic hydroxyl groups is 7. The molecule has 7 N–H and O–H groups in total. The number of allylic oxidation sites excluding steroid dienone is 8. The lowest BCUT2D eigenvalue weighted by atomic mass is 9.98. The third-order valence-corrected chi connectivity index (χ3v) is 14.8. The maximum Gasteiger partial charge on any atom is 0.306 e. The number of rotatable bonds is 51. The zero-order valence-corrected chi connectivity index (χ0v) is 48.4. The third-order valence-electron chi connectivity index (χ3n) is 14.8. The van der Waals surface area contributed by atoms with E-state index in [1.807, 2.05) is 0 Å². The van der Waals surface area contributed by atoms with E-state index in [-0.39, 0.29) is 25.6 Å². The molecule has 2 aliphatic rings. The van der Waals surface area contributed by atoms with E-state index in [0.29, 0.717) is 13.0 Å². The van der Waals surface area contributed by atoms with Crippen molar-refractivity contribution in [2.75, 3.05) is 33.0 Å². The van der Waals surface area contributed by atoms with Gasteiger partial charge in [0, 0.05) is 13.0 Å². The molecule has 0 amide bonds. The SMILES string of the molecule is CCCCC/C=C\C/C=C\C/C=C\CCCCCCCCCOCC(COC1OC(COC2OC(CO)C(O)C(O)C2O)C(O)C(O)C1O)OC(=O)CCCCCCCCCCCCC/C=C\CCCCCCCCCC. The lowest BCUT2D eigenvalue weighted by Crippen LogP contribution is -2.61. The summed E-state index contributed by atoms with van der Waals surface area (Å²) in [7, 11) is 0. The first kappa shape index (κ1) is 71.1. The van der Waals surface area contributed by atoms with Crippen LogP contribution < -0.4 is 0 Å². The summed E-state index contributed by atoms with van der Waals surface area (Å²) in [6.45, 7) is 3.67. The van der Waals surface area contributed by atoms with Crippen molar-refractivity contribution in [2.24, 2.45) is 0 Å². The molecule has 2 heterocycles. The number of aliphatic hydroxyl groups excluding tert-OH is 7. The van der Waals surface area contributed by atoms with Crippen LogP contribution in [0, 0.1) is 0 Å². The largest absolute Gasteiger partial charge is 0.457 e. The molecule has 77 heavy (non-hydrogen) atoms. The highest BCUT2D eigenvalue weighted by Gasteiger charge is 2.47. The Kier molecular flexibility index (Phi) is 45.9. The van der Waals surface area contributed by atoms with Crippen LogP contribution in [-0.2, 0) is 33.2 Å². The maximum absolute atomic E-state index is 13.1. The monoisotopic (exact) mass is 1090 g/mol. The minimum absolute atomic E-state index is 0.0549. The highest BCUT2D eigenvalue weighted by molar-refractivity contribution is 5.69. The van der Waals surface area contributed by atoms with E-state index in [2.05, 4.69) is 62.5 Å². The van der Waals surface area contributed by atoms with E-state index in [1.54, 1.807) is 0 Å². The van der Waals surface area contributed by atoms with Crippen molar-refractivity contribution in [3.63, 3.8) is 0 Å². The van der Waals surface area contributed by atoms with Crippen molar-refractivity contribution in [2.45, 2.75) is 313 Å². The normalized spacial score (nSPS) is 24.6. The van der Waals surface area contributed by atoms with E-state index >= 15 is 0 Å². The summed E-state index contributed by atoms with van der Waals surface area (Å²) in [5.41, 5.74) is 0. The molecule has 0 saturated carbocycles. The van der Waals surface area contributed by atoms with Gasteiger partial charge in [-0.25, -0.2) is 0 Å². The minimum atomic E-state index is -1.71. The summed E-state index contributed by atoms with van der Waals surface area (Å²) in [6.07, 6.45) is 44.5. The van der Waals surface area contributed by atoms with Crippen molar-refractivity contribution in [3.05, 3.63) is 48.6 Å². The van der Waals surface area contributed by atoms with Gasteiger partial charge in [0.1, 0.15) is 54.9 Å². The smallest absolute Gasteiger partial charge is 0.306 e. The Morgan fingerprint density at radius 1 is 0.429 bits per heavy atom. The van der Waals surface area contributed by atoms with Gasteiger partial charge in [0.05, 0.1) is 26.4 Å². The first-order chi connectivity index (χ1) is 37.6. The van der Waals surface area contributed by atoms with Gasteiger partial charge in [-0.2, -0.15) is 0 Å². The molecule has 0 bridgehead atoms. The summed E-state index contributed by atoms with van der Waals surface area (Å²) in [5.74, 6) is -0.378. The first-order valence-electron chi connectivity index (χ1n) is 31.2. The fourth-order valence-electron chi connectivity index (χ4n) is 9.76. The maximum atomic E-state index is 13.1. The fourth-order valence-corrected chi connectivity index (χ4v) is 9.76. The molecule has 0 aromatic heterocycles. The van der Waals surface area contributed by atoms with E-state index < -0.39 is 80.7 Å². The molecule has 2 aliphatic heterocycles. The second kappa shape index (κ2) is 49.7. The van der Waals surface area contributed by atoms with Gasteiger partial charge in [-0.3, -0.25) is 4.79 Å². The Bertz CT molecular complexity index is 1460. The van der Waals surface area contributed by atoms with Crippen molar-refractivity contribution >= 4 is 5.97 Å². The molecule has 2 fully saturated rings. The Morgan fingerprint density at radius 2 is 0.805 bits per heavy atom. The van der Waals surface area contributed by atoms with Crippen LogP contribution in [0.2, 0.25) is 0 Å². The van der Waals surface area contributed by atoms with Gasteiger partial charge in [0.2, 0.25) is 0 Å². The quantitative estimate of drug-likeness (QED) is 0.0172. The average molecular weight is 1100 g/mol. The summed E-state index contributed by atoms with van der Waals surface area (Å²) >= 11 is 0. The van der Waals surface area contributed by atoms with Crippen LogP contribution in [-0.4, -0.2) is 142 Å². The third kappa shape index (κ3) is 36.1. The molecule has 0 aromatic rings. The molecule has 11 unspecified atom stereocenters. The van der Waals surface area contributed by atoms with Crippen LogP contribution in [0.25, 0.3) is 0 Å². The Morgan fingerprint density at radius 3 is 1.30 bits per heavy atom. The molecule has 14 nitrogen and oxygen atoms in total. The van der Waals surface area contributed by atoms with Gasteiger partial charge in [-0.1, -0.05) is 210 Å². The van der Waals surface area contributed by atoms with Crippen molar-refractivity contribution in [1.29, 1.82) is 0 Å². The molecule has 2 saturated heterocycles. The number of hydrogen-bond acceptors (Lipinski definition) is 14. The minimum Gasteiger partial charge on any atom is -0.457 e. The van der Waals surface area contributed by atoms with Gasteiger partial charge in [-0.15, -0.1) is 0 Å². The van der Waals surface area contributed by atoms with Crippen LogP contribution in [0.3, 0.4) is 0 Å². The van der Waals surface area contributed by atoms with Crippen molar-refractivity contribution in [3.8, 4) is 0 Å². The van der Waals surface area contributed by atoms with Gasteiger partial charge in [-0.05, 0) is 77.0 Å². The highest BCUT2D eigenvalue weighted by Crippen LogP contribution is 2.27. The van der Waals surface area contributed by atoms with Gasteiger partial charge in [0.25, 0.3) is 0 Å². The van der Waals surface area contributed by atoms with E-state index in [1.165, 1.54) is 161 Å². The molecule has 0 spiro atoms. The highest BCUT2D eigenvalue weighted by atomic mass is 16.7. The number of ether oxygens (including phenoxy) is 6. The van der Waals surface area contributed by atoms with E-state index in [9.17, 15) is 40.5 Å². The van der Waals surface area contributed by atoms with Gasteiger partial charge in [0.15, 0.2) is 12.6 Å². The van der Waals surface area contributed by atoms with Gasteiger partial charge < -0.3 is 64.2 Å². The Labute approximate surface area is 467 Å². The van der Waals surface area contributed by atoms with Crippen LogP contribution >= 0.6 is 0 Å². The average Bonchev–Trinajstić information content (AvgIpc) is 3.43. The Hall–Kier alpha value is -2.05. The van der Waals surface area contributed by atoms with Crippen LogP contribution in [0.1, 0.15) is 245 Å². The number of hydrogen-bond donors (Lipinski definition) is 7. The predicted octanol–water partition coefficient (Wildman–Crippen LogP) is 11.9. The van der Waals surface area contributed by atoms with Crippen LogP contribution in [0.4, 0.5) is 0 Å². The molecule has 450 valence electrons. The van der Waals surface area contributed by atoms with Crippen molar-refractivity contribution < 1.29 is 69.0 Å². The standard InChI is InChI=1S/C63H114O14/c1-3-5-7-9-11-13-15-17-19-21-23-25-26-27-28-30-32-34-36-38-40-42-44-46-55(65)75-52(49-72-47-45-43-41-39-37-35-33-31-29-24-22-20-18-16-14-12-10-8-6-4-2)50-73-62-61(71)59(69)57(67)54(77-62)51-74-63-60(70)58(68)56(66)53(48-64)76-63/h12,14,18,20-21,23-24,29,52-54,56-64,66-71H,3-11,13,15-17,19,22,25-28,30-51H2,1-2H3/b14-12-,20-18-,23-21-,29-24-. The van der Waals surface area contributed by atoms with Crippen LogP contribution in [0.5, 0.6) is 0 Å². The van der Waals surface area contributed by atoms with Gasteiger partial charge >= 0.3 is 5.97 Å². The number of carbonyl (C=O) groups is 1. The summed E-state index contributed by atoms with van der Waals surface area (Å²) in [5, 5.41) is 72.4. The zero-order chi connectivity index (χ0) is 55.8. The molecular formula is C63H114O14. The van der Waals surface area contributed by atoms with E-state index in [4.69, 9.17) is 28.4 Å². The summed E-state index contributed by atoms with van der Waals surface area (Å²) in [4.78, 5) is 13.1. The predicted molar refractivity (Wildman–Crippen MR) is 307 cm³/mol. The number of unbranched alkanes of at least 4 members (excludes halogenated alkanes) is 29. The lowest BCUT2D eigenvalue weighted by Gasteiger charge is -2.42. The number of esters is 1. The van der Waals surface area contributed by atoms with Crippen molar-refractivity contribution in [1.82, 2.24) is 0 Å². The molecule has 0 radical (unpaired) electrons. The topological polar surface area (TPSA) is 214 Å². The molecule has 11 atom stereocenters. The molecule has 0 aromatic carbocycles.